The van der Waals surface area contributed by atoms with Crippen molar-refractivity contribution in [2.75, 3.05) is 0 Å². The van der Waals surface area contributed by atoms with Crippen LogP contribution in [0.1, 0.15) is 54.7 Å². The predicted octanol–water partition coefficient (Wildman–Crippen LogP) is 2.70. The summed E-state index contributed by atoms with van der Waals surface area (Å²) >= 11 is 0. The largest absolute Gasteiger partial charge is 0.348 e. The molecule has 1 N–H and O–H groups in total. The molecule has 1 saturated carbocycles. The lowest BCUT2D eigenvalue weighted by Crippen LogP contribution is -2.32. The molecule has 1 unspecified atom stereocenters. The summed E-state index contributed by atoms with van der Waals surface area (Å²) in [5, 5.41) is 10.9. The SMILES string of the molecule is CC(c1ccccc1F)n1cc(C(=O)NC2CCCC2)nn1. The van der Waals surface area contributed by atoms with Crippen molar-refractivity contribution in [2.45, 2.75) is 44.7 Å². The van der Waals surface area contributed by atoms with Crippen molar-refractivity contribution in [1.29, 1.82) is 0 Å². The third-order valence-electron chi connectivity index (χ3n) is 4.19. The van der Waals surface area contributed by atoms with Crippen molar-refractivity contribution in [3.63, 3.8) is 0 Å². The Kier molecular flexibility index (Phi) is 4.18. The molecule has 1 atom stereocenters. The van der Waals surface area contributed by atoms with Gasteiger partial charge in [-0.25, -0.2) is 9.07 Å². The van der Waals surface area contributed by atoms with E-state index in [9.17, 15) is 9.18 Å². The molecular weight excluding hydrogens is 283 g/mol. The van der Waals surface area contributed by atoms with E-state index in [1.165, 1.54) is 10.7 Å². The zero-order chi connectivity index (χ0) is 15.5. The van der Waals surface area contributed by atoms with Gasteiger partial charge < -0.3 is 5.32 Å². The number of carbonyl (C=O) groups excluding carboxylic acids is 1. The Hall–Kier alpha value is -2.24. The summed E-state index contributed by atoms with van der Waals surface area (Å²) in [6.45, 7) is 1.83. The molecule has 1 aliphatic rings. The Morgan fingerprint density at radius 1 is 1.36 bits per heavy atom. The normalized spacial score (nSPS) is 16.6. The van der Waals surface area contributed by atoms with Crippen LogP contribution in [0.15, 0.2) is 30.5 Å². The summed E-state index contributed by atoms with van der Waals surface area (Å²) < 4.78 is 15.3. The maximum atomic E-state index is 13.8. The van der Waals surface area contributed by atoms with Gasteiger partial charge in [0.2, 0.25) is 0 Å². The van der Waals surface area contributed by atoms with Gasteiger partial charge in [0.15, 0.2) is 5.69 Å². The van der Waals surface area contributed by atoms with Crippen molar-refractivity contribution in [2.24, 2.45) is 0 Å². The van der Waals surface area contributed by atoms with Crippen molar-refractivity contribution >= 4 is 5.91 Å². The minimum absolute atomic E-state index is 0.209. The third-order valence-corrected chi connectivity index (χ3v) is 4.19. The molecule has 0 spiro atoms. The number of hydrogen-bond donors (Lipinski definition) is 1. The molecule has 0 bridgehead atoms. The number of amides is 1. The molecule has 0 saturated heterocycles. The molecular formula is C16H19FN4O. The molecule has 1 heterocycles. The number of aromatic nitrogens is 3. The van der Waals surface area contributed by atoms with Crippen LogP contribution < -0.4 is 5.32 Å². The Morgan fingerprint density at radius 3 is 2.82 bits per heavy atom. The number of hydrogen-bond acceptors (Lipinski definition) is 3. The smallest absolute Gasteiger partial charge is 0.273 e. The summed E-state index contributed by atoms with van der Waals surface area (Å²) in [7, 11) is 0. The number of benzene rings is 1. The molecule has 1 aromatic carbocycles. The lowest BCUT2D eigenvalue weighted by Gasteiger charge is -2.12. The van der Waals surface area contributed by atoms with Crippen LogP contribution in [0.25, 0.3) is 0 Å². The highest BCUT2D eigenvalue weighted by molar-refractivity contribution is 5.92. The van der Waals surface area contributed by atoms with Gasteiger partial charge in [0.05, 0.1) is 12.2 Å². The van der Waals surface area contributed by atoms with Crippen LogP contribution >= 0.6 is 0 Å². The lowest BCUT2D eigenvalue weighted by atomic mass is 10.1. The Balaban J connectivity index is 1.73. The first kappa shape index (κ1) is 14.7. The van der Waals surface area contributed by atoms with E-state index in [4.69, 9.17) is 0 Å². The van der Waals surface area contributed by atoms with Gasteiger partial charge >= 0.3 is 0 Å². The maximum absolute atomic E-state index is 13.8. The summed E-state index contributed by atoms with van der Waals surface area (Å²) in [6, 6.07) is 6.46. The van der Waals surface area contributed by atoms with Crippen molar-refractivity contribution in [1.82, 2.24) is 20.3 Å². The Bertz CT molecular complexity index is 664. The van der Waals surface area contributed by atoms with Crippen LogP contribution in [0.2, 0.25) is 0 Å². The fourth-order valence-corrected chi connectivity index (χ4v) is 2.86. The van der Waals surface area contributed by atoms with E-state index in [0.717, 1.165) is 25.7 Å². The van der Waals surface area contributed by atoms with Gasteiger partial charge in [0, 0.05) is 11.6 Å². The molecule has 0 radical (unpaired) electrons. The standard InChI is InChI=1S/C16H19FN4O/c1-11(13-8-4-5-9-14(13)17)21-10-15(19-20-21)16(22)18-12-6-2-3-7-12/h4-5,8-12H,2-3,6-7H2,1H3,(H,18,22). The molecule has 3 rings (SSSR count). The van der Waals surface area contributed by atoms with E-state index in [1.54, 1.807) is 24.4 Å². The minimum atomic E-state index is -0.318. The minimum Gasteiger partial charge on any atom is -0.348 e. The lowest BCUT2D eigenvalue weighted by molar-refractivity contribution is 0.0932. The van der Waals surface area contributed by atoms with Crippen molar-refractivity contribution in [3.8, 4) is 0 Å². The van der Waals surface area contributed by atoms with Gasteiger partial charge in [-0.15, -0.1) is 5.10 Å². The molecule has 22 heavy (non-hydrogen) atoms. The van der Waals surface area contributed by atoms with E-state index in [-0.39, 0.29) is 29.5 Å². The average molecular weight is 302 g/mol. The first-order chi connectivity index (χ1) is 10.6. The van der Waals surface area contributed by atoms with Gasteiger partial charge in [0.25, 0.3) is 5.91 Å². The number of nitrogens with zero attached hydrogens (tertiary/aromatic N) is 3. The summed E-state index contributed by atoms with van der Waals surface area (Å²) in [5.41, 5.74) is 0.797. The first-order valence-corrected chi connectivity index (χ1v) is 7.62. The maximum Gasteiger partial charge on any atom is 0.273 e. The zero-order valence-electron chi connectivity index (χ0n) is 12.5. The molecule has 6 heteroatoms. The molecule has 1 aliphatic carbocycles. The van der Waals surface area contributed by atoms with Crippen LogP contribution in [0.3, 0.4) is 0 Å². The fraction of sp³-hybridized carbons (Fsp3) is 0.438. The first-order valence-electron chi connectivity index (χ1n) is 7.62. The van der Waals surface area contributed by atoms with Crippen LogP contribution in [-0.4, -0.2) is 26.9 Å². The van der Waals surface area contributed by atoms with Crippen molar-refractivity contribution < 1.29 is 9.18 Å². The highest BCUT2D eigenvalue weighted by Crippen LogP contribution is 2.20. The monoisotopic (exact) mass is 302 g/mol. The van der Waals surface area contributed by atoms with E-state index in [1.807, 2.05) is 6.92 Å². The molecule has 1 aromatic heterocycles. The third kappa shape index (κ3) is 3.00. The van der Waals surface area contributed by atoms with Gasteiger partial charge in [-0.1, -0.05) is 36.3 Å². The number of halogens is 1. The van der Waals surface area contributed by atoms with Gasteiger partial charge in [-0.2, -0.15) is 0 Å². The van der Waals surface area contributed by atoms with E-state index in [2.05, 4.69) is 15.6 Å². The number of nitrogens with one attached hydrogen (secondary N) is 1. The van der Waals surface area contributed by atoms with Crippen molar-refractivity contribution in [3.05, 3.63) is 47.5 Å². The Labute approximate surface area is 128 Å². The second kappa shape index (κ2) is 6.25. The number of carbonyl (C=O) groups is 1. The summed E-state index contributed by atoms with van der Waals surface area (Å²) in [6.07, 6.45) is 5.92. The fourth-order valence-electron chi connectivity index (χ4n) is 2.86. The molecule has 0 aliphatic heterocycles. The summed E-state index contributed by atoms with van der Waals surface area (Å²) in [5.74, 6) is -0.499. The van der Waals surface area contributed by atoms with Gasteiger partial charge in [-0.05, 0) is 25.8 Å². The molecule has 5 nitrogen and oxygen atoms in total. The van der Waals surface area contributed by atoms with Gasteiger partial charge in [0.1, 0.15) is 5.82 Å². The predicted molar refractivity (Wildman–Crippen MR) is 80.0 cm³/mol. The second-order valence-electron chi connectivity index (χ2n) is 5.74. The molecule has 1 amide bonds. The van der Waals surface area contributed by atoms with E-state index in [0.29, 0.717) is 5.56 Å². The van der Waals surface area contributed by atoms with Crippen LogP contribution in [0, 0.1) is 5.82 Å². The summed E-state index contributed by atoms with van der Waals surface area (Å²) in [4.78, 5) is 12.1. The van der Waals surface area contributed by atoms with Crippen LogP contribution in [-0.2, 0) is 0 Å². The second-order valence-corrected chi connectivity index (χ2v) is 5.74. The topological polar surface area (TPSA) is 59.8 Å². The quantitative estimate of drug-likeness (QED) is 0.944. The van der Waals surface area contributed by atoms with Crippen LogP contribution in [0.5, 0.6) is 0 Å². The molecule has 2 aromatic rings. The average Bonchev–Trinajstić information content (AvgIpc) is 3.18. The molecule has 1 fully saturated rings. The molecule has 116 valence electrons. The van der Waals surface area contributed by atoms with E-state index < -0.39 is 0 Å². The Morgan fingerprint density at radius 2 is 2.09 bits per heavy atom. The van der Waals surface area contributed by atoms with Crippen LogP contribution in [0.4, 0.5) is 4.39 Å². The zero-order valence-corrected chi connectivity index (χ0v) is 12.5. The number of rotatable bonds is 4. The van der Waals surface area contributed by atoms with Gasteiger partial charge in [-0.3, -0.25) is 4.79 Å². The highest BCUT2D eigenvalue weighted by Gasteiger charge is 2.21. The van der Waals surface area contributed by atoms with E-state index >= 15 is 0 Å². The highest BCUT2D eigenvalue weighted by atomic mass is 19.1.